The van der Waals surface area contributed by atoms with Crippen LogP contribution in [0.3, 0.4) is 0 Å². The van der Waals surface area contributed by atoms with E-state index in [-0.39, 0.29) is 24.4 Å². The number of carbonyl (C=O) groups excluding carboxylic acids is 2. The van der Waals surface area contributed by atoms with E-state index in [9.17, 15) is 9.59 Å². The van der Waals surface area contributed by atoms with Gasteiger partial charge in [-0.2, -0.15) is 0 Å². The molecule has 5 heteroatoms. The van der Waals surface area contributed by atoms with E-state index in [2.05, 4.69) is 21.2 Å². The smallest absolute Gasteiger partial charge is 0.338 e. The van der Waals surface area contributed by atoms with Gasteiger partial charge in [-0.15, -0.1) is 0 Å². The number of ether oxygens (including phenoxy) is 1. The molecule has 1 fully saturated rings. The maximum absolute atomic E-state index is 11.8. The predicted molar refractivity (Wildman–Crippen MR) is 70.3 cm³/mol. The second-order valence-corrected chi connectivity index (χ2v) is 5.41. The SMILES string of the molecule is Cc1cc(Br)cc(C(=O)OC[C@H]2CNC(=O)C2)c1. The van der Waals surface area contributed by atoms with Gasteiger partial charge in [0.2, 0.25) is 5.91 Å². The lowest BCUT2D eigenvalue weighted by Crippen LogP contribution is -2.17. The van der Waals surface area contributed by atoms with Crippen LogP contribution in [0.1, 0.15) is 22.3 Å². The molecular formula is C13H14BrNO3. The fourth-order valence-electron chi connectivity index (χ4n) is 1.91. The van der Waals surface area contributed by atoms with Crippen molar-refractivity contribution in [1.82, 2.24) is 5.32 Å². The molecule has 1 atom stereocenters. The Kier molecular flexibility index (Phi) is 4.01. The summed E-state index contributed by atoms with van der Waals surface area (Å²) in [6, 6.07) is 5.44. The van der Waals surface area contributed by atoms with Crippen molar-refractivity contribution in [3.8, 4) is 0 Å². The molecule has 1 amide bonds. The van der Waals surface area contributed by atoms with E-state index < -0.39 is 0 Å². The molecule has 1 N–H and O–H groups in total. The molecule has 0 radical (unpaired) electrons. The van der Waals surface area contributed by atoms with Gasteiger partial charge in [-0.05, 0) is 30.7 Å². The number of esters is 1. The molecule has 1 aliphatic rings. The number of hydrogen-bond donors (Lipinski definition) is 1. The molecule has 0 saturated carbocycles. The molecule has 0 unspecified atom stereocenters. The lowest BCUT2D eigenvalue weighted by atomic mass is 10.1. The van der Waals surface area contributed by atoms with Crippen LogP contribution in [0.5, 0.6) is 0 Å². The van der Waals surface area contributed by atoms with Crippen molar-refractivity contribution in [2.24, 2.45) is 5.92 Å². The zero-order valence-corrected chi connectivity index (χ0v) is 11.6. The molecule has 0 aromatic heterocycles. The zero-order valence-electron chi connectivity index (χ0n) is 10.0. The topological polar surface area (TPSA) is 55.4 Å². The molecule has 18 heavy (non-hydrogen) atoms. The van der Waals surface area contributed by atoms with Gasteiger partial charge in [0, 0.05) is 23.4 Å². The summed E-state index contributed by atoms with van der Waals surface area (Å²) in [5.74, 6) is -0.234. The molecule has 0 bridgehead atoms. The highest BCUT2D eigenvalue weighted by Gasteiger charge is 2.23. The van der Waals surface area contributed by atoms with Crippen LogP contribution in [0, 0.1) is 12.8 Å². The van der Waals surface area contributed by atoms with Crippen molar-refractivity contribution in [3.63, 3.8) is 0 Å². The summed E-state index contributed by atoms with van der Waals surface area (Å²) in [6.45, 7) is 2.79. The third-order valence-electron chi connectivity index (χ3n) is 2.79. The summed E-state index contributed by atoms with van der Waals surface area (Å²) in [4.78, 5) is 22.8. The minimum Gasteiger partial charge on any atom is -0.462 e. The maximum Gasteiger partial charge on any atom is 0.338 e. The quantitative estimate of drug-likeness (QED) is 0.869. The predicted octanol–water partition coefficient (Wildman–Crippen LogP) is 2.05. The first-order valence-electron chi connectivity index (χ1n) is 5.75. The summed E-state index contributed by atoms with van der Waals surface area (Å²) < 4.78 is 6.07. The first-order valence-corrected chi connectivity index (χ1v) is 6.55. The molecule has 0 spiro atoms. The van der Waals surface area contributed by atoms with Crippen molar-refractivity contribution in [3.05, 3.63) is 33.8 Å². The van der Waals surface area contributed by atoms with Crippen LogP contribution in [0.4, 0.5) is 0 Å². The normalized spacial score (nSPS) is 18.6. The van der Waals surface area contributed by atoms with Gasteiger partial charge < -0.3 is 10.1 Å². The Balaban J connectivity index is 1.93. The lowest BCUT2D eigenvalue weighted by molar-refractivity contribution is -0.119. The van der Waals surface area contributed by atoms with E-state index in [1.54, 1.807) is 12.1 Å². The summed E-state index contributed by atoms with van der Waals surface area (Å²) in [6.07, 6.45) is 0.435. The minimum absolute atomic E-state index is 0.0225. The number of amides is 1. The average molecular weight is 312 g/mol. The van der Waals surface area contributed by atoms with E-state index >= 15 is 0 Å². The van der Waals surface area contributed by atoms with Gasteiger partial charge in [0.05, 0.1) is 12.2 Å². The number of carbonyl (C=O) groups is 2. The average Bonchev–Trinajstić information content (AvgIpc) is 2.70. The Morgan fingerprint density at radius 2 is 2.28 bits per heavy atom. The number of hydrogen-bond acceptors (Lipinski definition) is 3. The van der Waals surface area contributed by atoms with E-state index in [0.29, 0.717) is 18.5 Å². The van der Waals surface area contributed by atoms with Gasteiger partial charge in [-0.3, -0.25) is 4.79 Å². The summed E-state index contributed by atoms with van der Waals surface area (Å²) in [5, 5.41) is 2.71. The van der Waals surface area contributed by atoms with Gasteiger partial charge in [-0.25, -0.2) is 4.79 Å². The third kappa shape index (κ3) is 3.32. The van der Waals surface area contributed by atoms with E-state index in [4.69, 9.17) is 4.74 Å². The van der Waals surface area contributed by atoms with E-state index in [0.717, 1.165) is 10.0 Å². The molecule has 2 rings (SSSR count). The summed E-state index contributed by atoms with van der Waals surface area (Å²) >= 11 is 3.34. The standard InChI is InChI=1S/C13H14BrNO3/c1-8-2-10(5-11(14)3-8)13(17)18-7-9-4-12(16)15-6-9/h2-3,5,9H,4,6-7H2,1H3,(H,15,16)/t9-/m1/s1. The number of halogens is 1. The van der Waals surface area contributed by atoms with Crippen molar-refractivity contribution < 1.29 is 14.3 Å². The Hall–Kier alpha value is -1.36. The van der Waals surface area contributed by atoms with Crippen LogP contribution >= 0.6 is 15.9 Å². The number of rotatable bonds is 3. The van der Waals surface area contributed by atoms with Crippen LogP contribution in [0.2, 0.25) is 0 Å². The maximum atomic E-state index is 11.8. The van der Waals surface area contributed by atoms with Crippen molar-refractivity contribution >= 4 is 27.8 Å². The lowest BCUT2D eigenvalue weighted by Gasteiger charge is -2.09. The van der Waals surface area contributed by atoms with Crippen LogP contribution < -0.4 is 5.32 Å². The minimum atomic E-state index is -0.348. The highest BCUT2D eigenvalue weighted by Crippen LogP contribution is 2.17. The Morgan fingerprint density at radius 3 is 2.89 bits per heavy atom. The fourth-order valence-corrected chi connectivity index (χ4v) is 2.52. The number of benzene rings is 1. The van der Waals surface area contributed by atoms with Crippen molar-refractivity contribution in [2.75, 3.05) is 13.2 Å². The monoisotopic (exact) mass is 311 g/mol. The third-order valence-corrected chi connectivity index (χ3v) is 3.25. The first-order chi connectivity index (χ1) is 8.54. The summed E-state index contributed by atoms with van der Waals surface area (Å²) in [5.41, 5.74) is 1.52. The molecule has 0 aliphatic carbocycles. The molecule has 1 heterocycles. The molecule has 1 aromatic rings. The van der Waals surface area contributed by atoms with Gasteiger partial charge in [0.25, 0.3) is 0 Å². The molecule has 96 valence electrons. The molecule has 1 aromatic carbocycles. The van der Waals surface area contributed by atoms with Gasteiger partial charge in [-0.1, -0.05) is 15.9 Å². The molecule has 4 nitrogen and oxygen atoms in total. The van der Waals surface area contributed by atoms with E-state index in [1.807, 2.05) is 13.0 Å². The van der Waals surface area contributed by atoms with Gasteiger partial charge >= 0.3 is 5.97 Å². The second-order valence-electron chi connectivity index (χ2n) is 4.49. The van der Waals surface area contributed by atoms with Gasteiger partial charge in [0.1, 0.15) is 0 Å². The van der Waals surface area contributed by atoms with Crippen LogP contribution in [-0.4, -0.2) is 25.0 Å². The highest BCUT2D eigenvalue weighted by molar-refractivity contribution is 9.10. The fraction of sp³-hybridized carbons (Fsp3) is 0.385. The second kappa shape index (κ2) is 5.52. The van der Waals surface area contributed by atoms with E-state index in [1.165, 1.54) is 0 Å². The molecule has 1 saturated heterocycles. The highest BCUT2D eigenvalue weighted by atomic mass is 79.9. The molecule has 1 aliphatic heterocycles. The van der Waals surface area contributed by atoms with Crippen molar-refractivity contribution in [1.29, 1.82) is 0 Å². The van der Waals surface area contributed by atoms with Crippen LogP contribution in [0.15, 0.2) is 22.7 Å². The zero-order chi connectivity index (χ0) is 13.1. The first kappa shape index (κ1) is 13.1. The molecular weight excluding hydrogens is 298 g/mol. The number of aryl methyl sites for hydroxylation is 1. The van der Waals surface area contributed by atoms with Crippen LogP contribution in [0.25, 0.3) is 0 Å². The largest absolute Gasteiger partial charge is 0.462 e. The Labute approximate surface area is 114 Å². The van der Waals surface area contributed by atoms with Crippen LogP contribution in [-0.2, 0) is 9.53 Å². The Morgan fingerprint density at radius 1 is 1.50 bits per heavy atom. The number of nitrogens with one attached hydrogen (secondary N) is 1. The Bertz CT molecular complexity index is 467. The van der Waals surface area contributed by atoms with Gasteiger partial charge in [0.15, 0.2) is 0 Å². The summed E-state index contributed by atoms with van der Waals surface area (Å²) in [7, 11) is 0. The van der Waals surface area contributed by atoms with Crippen molar-refractivity contribution in [2.45, 2.75) is 13.3 Å².